The van der Waals surface area contributed by atoms with Crippen LogP contribution < -0.4 is 5.19 Å². The molecular formula is C13H9F3O3Si. The summed E-state index contributed by atoms with van der Waals surface area (Å²) in [4.78, 5) is 0. The molecule has 0 bridgehead atoms. The monoisotopic (exact) mass is 298 g/mol. The SMILES string of the molecule is OC(O)O[Si]c1ccc(-c2cc(F)c(F)cc2F)cc1. The largest absolute Gasteiger partial charge is 0.366 e. The second-order valence-electron chi connectivity index (χ2n) is 3.87. The van der Waals surface area contributed by atoms with E-state index < -0.39 is 23.9 Å². The molecule has 0 unspecified atom stereocenters. The van der Waals surface area contributed by atoms with Crippen molar-refractivity contribution in [2.45, 2.75) is 6.48 Å². The molecule has 0 spiro atoms. The highest BCUT2D eigenvalue weighted by Gasteiger charge is 2.11. The van der Waals surface area contributed by atoms with Gasteiger partial charge in [-0.25, -0.2) is 13.2 Å². The van der Waals surface area contributed by atoms with Gasteiger partial charge in [0, 0.05) is 11.6 Å². The molecule has 0 aromatic heterocycles. The first-order chi connectivity index (χ1) is 9.47. The summed E-state index contributed by atoms with van der Waals surface area (Å²) in [5.41, 5.74) is 0.321. The molecule has 2 radical (unpaired) electrons. The fourth-order valence-electron chi connectivity index (χ4n) is 1.58. The van der Waals surface area contributed by atoms with Gasteiger partial charge >= 0.3 is 0 Å². The lowest BCUT2D eigenvalue weighted by molar-refractivity contribution is -0.179. The number of rotatable bonds is 4. The molecule has 0 saturated heterocycles. The van der Waals surface area contributed by atoms with Crippen LogP contribution in [0, 0.1) is 17.5 Å². The van der Waals surface area contributed by atoms with Crippen molar-refractivity contribution in [3.63, 3.8) is 0 Å². The third kappa shape index (κ3) is 3.45. The maximum Gasteiger partial charge on any atom is 0.275 e. The van der Waals surface area contributed by atoms with Crippen molar-refractivity contribution in [3.05, 3.63) is 53.8 Å². The highest BCUT2D eigenvalue weighted by atomic mass is 28.2. The summed E-state index contributed by atoms with van der Waals surface area (Å²) in [5.74, 6) is -3.23. The molecular weight excluding hydrogens is 289 g/mol. The zero-order valence-corrected chi connectivity index (χ0v) is 11.0. The Kier molecular flexibility index (Phi) is 4.56. The van der Waals surface area contributed by atoms with Crippen LogP contribution in [0.25, 0.3) is 11.1 Å². The first kappa shape index (κ1) is 14.7. The van der Waals surface area contributed by atoms with E-state index in [1.807, 2.05) is 0 Å². The quantitative estimate of drug-likeness (QED) is 0.508. The Hall–Kier alpha value is -1.67. The fraction of sp³-hybridized carbons (Fsp3) is 0.0769. The number of aliphatic hydroxyl groups is 2. The van der Waals surface area contributed by atoms with Crippen molar-refractivity contribution in [2.75, 3.05) is 0 Å². The number of hydrogen-bond donors (Lipinski definition) is 2. The van der Waals surface area contributed by atoms with E-state index in [1.165, 1.54) is 12.1 Å². The van der Waals surface area contributed by atoms with Crippen molar-refractivity contribution in [2.24, 2.45) is 0 Å². The van der Waals surface area contributed by atoms with Gasteiger partial charge in [0.05, 0.1) is 0 Å². The molecule has 0 aliphatic heterocycles. The lowest BCUT2D eigenvalue weighted by Gasteiger charge is -2.07. The standard InChI is InChI=1S/C13H9F3O3Si/c14-10-6-12(16)11(15)5-9(10)7-1-3-8(4-2-7)20-19-13(17)18/h1-6,13,17-18H. The molecule has 20 heavy (non-hydrogen) atoms. The molecule has 2 N–H and O–H groups in total. The van der Waals surface area contributed by atoms with Crippen LogP contribution in [-0.4, -0.2) is 26.5 Å². The minimum atomic E-state index is -1.86. The molecule has 3 nitrogen and oxygen atoms in total. The van der Waals surface area contributed by atoms with Crippen LogP contribution in [0.1, 0.15) is 0 Å². The van der Waals surface area contributed by atoms with Gasteiger partial charge in [0.25, 0.3) is 16.2 Å². The Bertz CT molecular complexity index is 603. The molecule has 2 aromatic carbocycles. The molecule has 0 fully saturated rings. The van der Waals surface area contributed by atoms with E-state index in [0.717, 1.165) is 6.07 Å². The Morgan fingerprint density at radius 3 is 2.10 bits per heavy atom. The maximum atomic E-state index is 13.6. The van der Waals surface area contributed by atoms with Crippen LogP contribution in [0.4, 0.5) is 13.2 Å². The molecule has 7 heteroatoms. The van der Waals surface area contributed by atoms with Gasteiger partial charge in [-0.1, -0.05) is 24.3 Å². The van der Waals surface area contributed by atoms with E-state index in [4.69, 9.17) is 10.2 Å². The minimum absolute atomic E-state index is 0.0538. The number of aliphatic hydroxyl groups excluding tert-OH is 1. The molecule has 0 atom stereocenters. The van der Waals surface area contributed by atoms with Gasteiger partial charge in [0.1, 0.15) is 5.82 Å². The number of hydrogen-bond acceptors (Lipinski definition) is 3. The van der Waals surface area contributed by atoms with Crippen LogP contribution in [0.2, 0.25) is 0 Å². The van der Waals surface area contributed by atoms with E-state index in [2.05, 4.69) is 4.43 Å². The summed E-state index contributed by atoms with van der Waals surface area (Å²) in [6.07, 6.45) is 0. The van der Waals surface area contributed by atoms with Gasteiger partial charge in [0.2, 0.25) is 0 Å². The molecule has 2 aromatic rings. The Balaban J connectivity index is 2.24. The predicted molar refractivity (Wildman–Crippen MR) is 66.5 cm³/mol. The Morgan fingerprint density at radius 2 is 1.50 bits per heavy atom. The Morgan fingerprint density at radius 1 is 0.900 bits per heavy atom. The first-order valence-corrected chi connectivity index (χ1v) is 6.41. The zero-order valence-electron chi connectivity index (χ0n) is 9.98. The summed E-state index contributed by atoms with van der Waals surface area (Å²) < 4.78 is 44.1. The molecule has 0 aliphatic rings. The molecule has 104 valence electrons. The molecule has 2 rings (SSSR count). The van der Waals surface area contributed by atoms with E-state index in [9.17, 15) is 13.2 Å². The second-order valence-corrected chi connectivity index (χ2v) is 4.89. The summed E-state index contributed by atoms with van der Waals surface area (Å²) in [6.45, 7) is -1.86. The van der Waals surface area contributed by atoms with E-state index in [0.29, 0.717) is 16.8 Å². The van der Waals surface area contributed by atoms with Crippen molar-refractivity contribution < 1.29 is 27.8 Å². The normalized spacial score (nSPS) is 11.1. The fourth-order valence-corrected chi connectivity index (χ4v) is 2.13. The van der Waals surface area contributed by atoms with Crippen molar-refractivity contribution in [1.82, 2.24) is 0 Å². The van der Waals surface area contributed by atoms with Crippen molar-refractivity contribution in [3.8, 4) is 11.1 Å². The second kappa shape index (κ2) is 6.19. The smallest absolute Gasteiger partial charge is 0.275 e. The topological polar surface area (TPSA) is 49.7 Å². The summed E-state index contributed by atoms with van der Waals surface area (Å²) >= 11 is 0. The molecule has 0 heterocycles. The van der Waals surface area contributed by atoms with Gasteiger partial charge in [-0.05, 0) is 16.8 Å². The van der Waals surface area contributed by atoms with Crippen LogP contribution in [-0.2, 0) is 4.43 Å². The Labute approximate surface area is 115 Å². The van der Waals surface area contributed by atoms with E-state index in [1.54, 1.807) is 12.1 Å². The third-order valence-corrected chi connectivity index (χ3v) is 3.39. The molecule has 0 saturated carbocycles. The van der Waals surface area contributed by atoms with Gasteiger partial charge in [-0.2, -0.15) is 0 Å². The van der Waals surface area contributed by atoms with Crippen molar-refractivity contribution in [1.29, 1.82) is 0 Å². The lowest BCUT2D eigenvalue weighted by atomic mass is 10.1. The summed E-state index contributed by atoms with van der Waals surface area (Å²) in [7, 11) is -0.296. The molecule has 0 aliphatic carbocycles. The minimum Gasteiger partial charge on any atom is -0.366 e. The number of benzene rings is 2. The summed E-state index contributed by atoms with van der Waals surface area (Å²) in [6, 6.07) is 7.42. The van der Waals surface area contributed by atoms with Gasteiger partial charge < -0.3 is 14.6 Å². The van der Waals surface area contributed by atoms with Gasteiger partial charge in [-0.15, -0.1) is 0 Å². The lowest BCUT2D eigenvalue weighted by Crippen LogP contribution is -2.23. The maximum absolute atomic E-state index is 13.6. The third-order valence-electron chi connectivity index (χ3n) is 2.49. The zero-order chi connectivity index (χ0) is 14.7. The van der Waals surface area contributed by atoms with Gasteiger partial charge in [0.15, 0.2) is 11.6 Å². The van der Waals surface area contributed by atoms with Crippen LogP contribution in [0.5, 0.6) is 0 Å². The van der Waals surface area contributed by atoms with E-state index in [-0.39, 0.29) is 15.3 Å². The summed E-state index contributed by atoms with van der Waals surface area (Å²) in [5, 5.41) is 17.7. The highest BCUT2D eigenvalue weighted by Crippen LogP contribution is 2.24. The van der Waals surface area contributed by atoms with Crippen LogP contribution in [0.3, 0.4) is 0 Å². The van der Waals surface area contributed by atoms with Gasteiger partial charge in [-0.3, -0.25) is 0 Å². The average molecular weight is 298 g/mol. The first-order valence-electron chi connectivity index (χ1n) is 5.50. The highest BCUT2D eigenvalue weighted by molar-refractivity contribution is 6.46. The molecule has 0 amide bonds. The van der Waals surface area contributed by atoms with E-state index >= 15 is 0 Å². The van der Waals surface area contributed by atoms with Crippen LogP contribution in [0.15, 0.2) is 36.4 Å². The number of halogens is 3. The van der Waals surface area contributed by atoms with Crippen LogP contribution >= 0.6 is 0 Å². The van der Waals surface area contributed by atoms with Crippen molar-refractivity contribution >= 4 is 14.9 Å². The average Bonchev–Trinajstić information content (AvgIpc) is 2.41. The predicted octanol–water partition coefficient (Wildman–Crippen LogP) is 1.30.